The first-order valence-electron chi connectivity index (χ1n) is 7.11. The van der Waals surface area contributed by atoms with Gasteiger partial charge in [-0.3, -0.25) is 4.79 Å². The zero-order valence-corrected chi connectivity index (χ0v) is 11.8. The molecule has 2 rings (SSSR count). The van der Waals surface area contributed by atoms with E-state index in [9.17, 15) is 9.18 Å². The Labute approximate surface area is 114 Å². The van der Waals surface area contributed by atoms with Crippen LogP contribution in [0.2, 0.25) is 0 Å². The van der Waals surface area contributed by atoms with Crippen LogP contribution >= 0.6 is 0 Å². The van der Waals surface area contributed by atoms with Crippen LogP contribution in [0.1, 0.15) is 54.9 Å². The summed E-state index contributed by atoms with van der Waals surface area (Å²) in [6, 6.07) is 4.94. The van der Waals surface area contributed by atoms with Gasteiger partial charge in [0.1, 0.15) is 5.82 Å². The molecule has 0 aliphatic heterocycles. The summed E-state index contributed by atoms with van der Waals surface area (Å²) < 4.78 is 13.9. The summed E-state index contributed by atoms with van der Waals surface area (Å²) in [5.41, 5.74) is 0.902. The molecule has 0 spiro atoms. The number of carbonyl (C=O) groups is 1. The number of benzene rings is 1. The standard InChI is InChI=1S/C16H22FNO/c1-3-16(9-4-5-10-16)11-18-15(19)13-8-6-7-12(2)14(13)17/h6-8H,3-5,9-11H2,1-2H3,(H,18,19). The summed E-state index contributed by atoms with van der Waals surface area (Å²) in [6.07, 6.45) is 5.88. The Kier molecular flexibility index (Phi) is 4.23. The van der Waals surface area contributed by atoms with E-state index in [4.69, 9.17) is 0 Å². The topological polar surface area (TPSA) is 29.1 Å². The maximum absolute atomic E-state index is 13.9. The fraction of sp³-hybridized carbons (Fsp3) is 0.562. The van der Waals surface area contributed by atoms with Gasteiger partial charge >= 0.3 is 0 Å². The van der Waals surface area contributed by atoms with Gasteiger partial charge in [0.05, 0.1) is 5.56 Å². The molecule has 0 saturated heterocycles. The molecule has 0 heterocycles. The molecule has 0 radical (unpaired) electrons. The first-order valence-corrected chi connectivity index (χ1v) is 7.11. The minimum absolute atomic E-state index is 0.157. The van der Waals surface area contributed by atoms with Crippen LogP contribution in [0, 0.1) is 18.2 Å². The van der Waals surface area contributed by atoms with Gasteiger partial charge in [-0.15, -0.1) is 0 Å². The van der Waals surface area contributed by atoms with Crippen molar-refractivity contribution in [2.75, 3.05) is 6.54 Å². The molecular weight excluding hydrogens is 241 g/mol. The molecule has 1 N–H and O–H groups in total. The van der Waals surface area contributed by atoms with Crippen LogP contribution in [0.3, 0.4) is 0 Å². The summed E-state index contributed by atoms with van der Waals surface area (Å²) in [4.78, 5) is 12.1. The second-order valence-corrected chi connectivity index (χ2v) is 5.68. The van der Waals surface area contributed by atoms with E-state index < -0.39 is 5.82 Å². The van der Waals surface area contributed by atoms with Crippen LogP contribution in [0.25, 0.3) is 0 Å². The van der Waals surface area contributed by atoms with Crippen molar-refractivity contribution in [3.05, 3.63) is 35.1 Å². The zero-order chi connectivity index (χ0) is 13.9. The van der Waals surface area contributed by atoms with E-state index in [0.29, 0.717) is 12.1 Å². The lowest BCUT2D eigenvalue weighted by atomic mass is 9.83. The van der Waals surface area contributed by atoms with Crippen molar-refractivity contribution in [2.45, 2.75) is 46.0 Å². The molecule has 1 fully saturated rings. The Morgan fingerprint density at radius 1 is 1.37 bits per heavy atom. The van der Waals surface area contributed by atoms with Crippen LogP contribution in [0.15, 0.2) is 18.2 Å². The predicted molar refractivity (Wildman–Crippen MR) is 74.7 cm³/mol. The average molecular weight is 263 g/mol. The summed E-state index contributed by atoms with van der Waals surface area (Å²) >= 11 is 0. The quantitative estimate of drug-likeness (QED) is 0.878. The normalized spacial score (nSPS) is 17.4. The molecule has 0 bridgehead atoms. The summed E-state index contributed by atoms with van der Waals surface area (Å²) in [7, 11) is 0. The Balaban J connectivity index is 2.03. The Bertz CT molecular complexity index is 464. The molecule has 104 valence electrons. The van der Waals surface area contributed by atoms with E-state index in [0.717, 1.165) is 6.42 Å². The largest absolute Gasteiger partial charge is 0.351 e. The van der Waals surface area contributed by atoms with Crippen molar-refractivity contribution in [1.82, 2.24) is 5.32 Å². The summed E-state index contributed by atoms with van der Waals surface area (Å²) in [5.74, 6) is -0.696. The highest BCUT2D eigenvalue weighted by molar-refractivity contribution is 5.94. The van der Waals surface area contributed by atoms with Crippen LogP contribution in [0.4, 0.5) is 4.39 Å². The van der Waals surface area contributed by atoms with Crippen molar-refractivity contribution < 1.29 is 9.18 Å². The number of hydrogen-bond donors (Lipinski definition) is 1. The van der Waals surface area contributed by atoms with Crippen molar-refractivity contribution >= 4 is 5.91 Å². The van der Waals surface area contributed by atoms with Crippen LogP contribution in [-0.4, -0.2) is 12.5 Å². The molecule has 3 heteroatoms. The molecule has 1 saturated carbocycles. The van der Waals surface area contributed by atoms with Crippen LogP contribution < -0.4 is 5.32 Å². The third-order valence-corrected chi connectivity index (χ3v) is 4.47. The molecular formula is C16H22FNO. The lowest BCUT2D eigenvalue weighted by molar-refractivity contribution is 0.0924. The monoisotopic (exact) mass is 263 g/mol. The summed E-state index contributed by atoms with van der Waals surface area (Å²) in [5, 5.41) is 2.92. The van der Waals surface area contributed by atoms with E-state index in [1.54, 1.807) is 25.1 Å². The van der Waals surface area contributed by atoms with Crippen molar-refractivity contribution in [1.29, 1.82) is 0 Å². The van der Waals surface area contributed by atoms with Gasteiger partial charge in [-0.2, -0.15) is 0 Å². The Morgan fingerprint density at radius 3 is 2.68 bits per heavy atom. The highest BCUT2D eigenvalue weighted by Crippen LogP contribution is 2.40. The maximum Gasteiger partial charge on any atom is 0.254 e. The van der Waals surface area contributed by atoms with Gasteiger partial charge in [0.25, 0.3) is 5.91 Å². The van der Waals surface area contributed by atoms with Gasteiger partial charge in [0, 0.05) is 6.54 Å². The van der Waals surface area contributed by atoms with E-state index >= 15 is 0 Å². The SMILES string of the molecule is CCC1(CNC(=O)c2cccc(C)c2F)CCCC1. The zero-order valence-electron chi connectivity index (χ0n) is 11.8. The molecule has 2 nitrogen and oxygen atoms in total. The van der Waals surface area contributed by atoms with E-state index in [2.05, 4.69) is 12.2 Å². The molecule has 1 aliphatic rings. The number of hydrogen-bond acceptors (Lipinski definition) is 1. The first kappa shape index (κ1) is 14.0. The highest BCUT2D eigenvalue weighted by Gasteiger charge is 2.32. The van der Waals surface area contributed by atoms with Gasteiger partial charge in [0.2, 0.25) is 0 Å². The molecule has 19 heavy (non-hydrogen) atoms. The van der Waals surface area contributed by atoms with Crippen LogP contribution in [-0.2, 0) is 0 Å². The molecule has 0 unspecified atom stereocenters. The van der Waals surface area contributed by atoms with E-state index in [1.807, 2.05) is 0 Å². The van der Waals surface area contributed by atoms with Gasteiger partial charge in [-0.1, -0.05) is 31.9 Å². The maximum atomic E-state index is 13.9. The average Bonchev–Trinajstić information content (AvgIpc) is 2.89. The summed E-state index contributed by atoms with van der Waals surface area (Å²) in [6.45, 7) is 4.51. The molecule has 1 aromatic carbocycles. The van der Waals surface area contributed by atoms with E-state index in [1.165, 1.54) is 25.7 Å². The minimum atomic E-state index is -0.406. The lowest BCUT2D eigenvalue weighted by Gasteiger charge is -2.27. The van der Waals surface area contributed by atoms with E-state index in [-0.39, 0.29) is 16.9 Å². The highest BCUT2D eigenvalue weighted by atomic mass is 19.1. The van der Waals surface area contributed by atoms with Crippen molar-refractivity contribution in [3.63, 3.8) is 0 Å². The Morgan fingerprint density at radius 2 is 2.05 bits per heavy atom. The fourth-order valence-corrected chi connectivity index (χ4v) is 2.97. The van der Waals surface area contributed by atoms with Gasteiger partial charge in [-0.05, 0) is 43.2 Å². The second kappa shape index (κ2) is 5.72. The molecule has 1 amide bonds. The number of halogens is 1. The van der Waals surface area contributed by atoms with Crippen molar-refractivity contribution in [2.24, 2.45) is 5.41 Å². The number of amides is 1. The van der Waals surface area contributed by atoms with Gasteiger partial charge in [0.15, 0.2) is 0 Å². The van der Waals surface area contributed by atoms with Gasteiger partial charge in [-0.25, -0.2) is 4.39 Å². The Hall–Kier alpha value is -1.38. The number of aryl methyl sites for hydroxylation is 1. The first-order chi connectivity index (χ1) is 9.08. The number of nitrogens with one attached hydrogen (secondary N) is 1. The molecule has 0 aromatic heterocycles. The smallest absolute Gasteiger partial charge is 0.254 e. The lowest BCUT2D eigenvalue weighted by Crippen LogP contribution is -2.36. The van der Waals surface area contributed by atoms with Crippen molar-refractivity contribution in [3.8, 4) is 0 Å². The number of carbonyl (C=O) groups excluding carboxylic acids is 1. The predicted octanol–water partition coefficient (Wildman–Crippen LogP) is 3.83. The fourth-order valence-electron chi connectivity index (χ4n) is 2.97. The second-order valence-electron chi connectivity index (χ2n) is 5.68. The third-order valence-electron chi connectivity index (χ3n) is 4.47. The minimum Gasteiger partial charge on any atom is -0.351 e. The van der Waals surface area contributed by atoms with Crippen LogP contribution in [0.5, 0.6) is 0 Å². The third kappa shape index (κ3) is 2.96. The molecule has 1 aromatic rings. The van der Waals surface area contributed by atoms with Gasteiger partial charge < -0.3 is 5.32 Å². The molecule has 1 aliphatic carbocycles. The molecule has 0 atom stereocenters. The number of rotatable bonds is 4.